The van der Waals surface area contributed by atoms with Gasteiger partial charge in [-0.15, -0.1) is 12.4 Å². The SMILES string of the molecule is Cl.Clc1cccc(CN2CCC3(CCNCC3)C2)c1Cl. The number of rotatable bonds is 2. The van der Waals surface area contributed by atoms with E-state index < -0.39 is 0 Å². The van der Waals surface area contributed by atoms with Gasteiger partial charge in [-0.25, -0.2) is 0 Å². The summed E-state index contributed by atoms with van der Waals surface area (Å²) in [6.07, 6.45) is 3.95. The first kappa shape index (κ1) is 16.4. The van der Waals surface area contributed by atoms with Crippen LogP contribution in [0.4, 0.5) is 0 Å². The Hall–Kier alpha value is 0.01000. The highest BCUT2D eigenvalue weighted by Crippen LogP contribution is 2.39. The molecule has 112 valence electrons. The van der Waals surface area contributed by atoms with E-state index in [1.807, 2.05) is 12.1 Å². The van der Waals surface area contributed by atoms with Crippen molar-refractivity contribution in [1.82, 2.24) is 10.2 Å². The zero-order chi connectivity index (χ0) is 13.3. The Bertz CT molecular complexity index is 458. The van der Waals surface area contributed by atoms with Gasteiger partial charge >= 0.3 is 0 Å². The molecule has 2 fully saturated rings. The summed E-state index contributed by atoms with van der Waals surface area (Å²) in [5.74, 6) is 0. The monoisotopic (exact) mass is 334 g/mol. The summed E-state index contributed by atoms with van der Waals surface area (Å²) < 4.78 is 0. The van der Waals surface area contributed by atoms with E-state index in [4.69, 9.17) is 23.2 Å². The second kappa shape index (κ2) is 6.85. The van der Waals surface area contributed by atoms with Crippen molar-refractivity contribution in [2.24, 2.45) is 5.41 Å². The molecule has 1 spiro atoms. The molecular formula is C15H21Cl3N2. The molecule has 20 heavy (non-hydrogen) atoms. The molecular weight excluding hydrogens is 315 g/mol. The van der Waals surface area contributed by atoms with Crippen molar-refractivity contribution in [3.8, 4) is 0 Å². The van der Waals surface area contributed by atoms with Gasteiger partial charge in [-0.1, -0.05) is 35.3 Å². The molecule has 0 atom stereocenters. The van der Waals surface area contributed by atoms with Crippen LogP contribution >= 0.6 is 35.6 Å². The van der Waals surface area contributed by atoms with Crippen LogP contribution in [0.3, 0.4) is 0 Å². The number of nitrogens with zero attached hydrogens (tertiary/aromatic N) is 1. The lowest BCUT2D eigenvalue weighted by Gasteiger charge is -2.34. The van der Waals surface area contributed by atoms with Crippen molar-refractivity contribution >= 4 is 35.6 Å². The van der Waals surface area contributed by atoms with Gasteiger partial charge in [0, 0.05) is 13.1 Å². The summed E-state index contributed by atoms with van der Waals surface area (Å²) >= 11 is 12.4. The van der Waals surface area contributed by atoms with Gasteiger partial charge in [-0.3, -0.25) is 4.90 Å². The molecule has 0 bridgehead atoms. The van der Waals surface area contributed by atoms with Crippen molar-refractivity contribution in [2.75, 3.05) is 26.2 Å². The van der Waals surface area contributed by atoms with Gasteiger partial charge in [-0.05, 0) is 55.9 Å². The maximum atomic E-state index is 6.28. The van der Waals surface area contributed by atoms with Crippen LogP contribution in [0.15, 0.2) is 18.2 Å². The Morgan fingerprint density at radius 1 is 1.15 bits per heavy atom. The quantitative estimate of drug-likeness (QED) is 0.879. The van der Waals surface area contributed by atoms with Gasteiger partial charge in [0.2, 0.25) is 0 Å². The molecule has 1 aromatic carbocycles. The predicted molar refractivity (Wildman–Crippen MR) is 88.1 cm³/mol. The van der Waals surface area contributed by atoms with Crippen molar-refractivity contribution in [3.63, 3.8) is 0 Å². The van der Waals surface area contributed by atoms with Gasteiger partial charge in [0.05, 0.1) is 10.0 Å². The standard InChI is InChI=1S/C15H20Cl2N2.ClH/c16-13-3-1-2-12(14(13)17)10-19-9-6-15(11-19)4-7-18-8-5-15;/h1-3,18H,4-11H2;1H. The van der Waals surface area contributed by atoms with E-state index in [0.717, 1.165) is 17.1 Å². The average molecular weight is 336 g/mol. The molecule has 2 saturated heterocycles. The summed E-state index contributed by atoms with van der Waals surface area (Å²) in [5.41, 5.74) is 1.70. The molecule has 0 saturated carbocycles. The van der Waals surface area contributed by atoms with E-state index in [-0.39, 0.29) is 12.4 Å². The molecule has 0 aliphatic carbocycles. The summed E-state index contributed by atoms with van der Waals surface area (Å²) in [7, 11) is 0. The number of benzene rings is 1. The van der Waals surface area contributed by atoms with Gasteiger partial charge in [0.15, 0.2) is 0 Å². The van der Waals surface area contributed by atoms with Crippen LogP contribution in [-0.2, 0) is 6.54 Å². The molecule has 5 heteroatoms. The highest BCUT2D eigenvalue weighted by molar-refractivity contribution is 6.42. The fraction of sp³-hybridized carbons (Fsp3) is 0.600. The lowest BCUT2D eigenvalue weighted by molar-refractivity contribution is 0.194. The van der Waals surface area contributed by atoms with Gasteiger partial charge in [0.25, 0.3) is 0 Å². The van der Waals surface area contributed by atoms with Gasteiger partial charge < -0.3 is 5.32 Å². The molecule has 2 aliphatic heterocycles. The third kappa shape index (κ3) is 3.42. The Labute approximate surface area is 137 Å². The van der Waals surface area contributed by atoms with Crippen molar-refractivity contribution in [2.45, 2.75) is 25.8 Å². The molecule has 2 heterocycles. The van der Waals surface area contributed by atoms with Gasteiger partial charge in [-0.2, -0.15) is 0 Å². The van der Waals surface area contributed by atoms with Crippen LogP contribution in [0.25, 0.3) is 0 Å². The second-order valence-electron chi connectivity index (χ2n) is 5.92. The van der Waals surface area contributed by atoms with Crippen molar-refractivity contribution in [1.29, 1.82) is 0 Å². The number of halogens is 3. The van der Waals surface area contributed by atoms with Crippen LogP contribution in [0.2, 0.25) is 10.0 Å². The highest BCUT2D eigenvalue weighted by atomic mass is 35.5. The van der Waals surface area contributed by atoms with Crippen LogP contribution in [0.5, 0.6) is 0 Å². The maximum absolute atomic E-state index is 6.28. The number of piperidine rings is 1. The van der Waals surface area contributed by atoms with E-state index in [1.54, 1.807) is 0 Å². The van der Waals surface area contributed by atoms with Crippen molar-refractivity contribution < 1.29 is 0 Å². The molecule has 1 aromatic rings. The van der Waals surface area contributed by atoms with Crippen LogP contribution < -0.4 is 5.32 Å². The maximum Gasteiger partial charge on any atom is 0.0637 e. The van der Waals surface area contributed by atoms with E-state index in [2.05, 4.69) is 16.3 Å². The minimum absolute atomic E-state index is 0. The van der Waals surface area contributed by atoms with Crippen LogP contribution in [-0.4, -0.2) is 31.1 Å². The molecule has 0 unspecified atom stereocenters. The first-order valence-electron chi connectivity index (χ1n) is 7.05. The number of nitrogens with one attached hydrogen (secondary N) is 1. The number of likely N-dealkylation sites (tertiary alicyclic amines) is 1. The number of hydrogen-bond donors (Lipinski definition) is 1. The van der Waals surface area contributed by atoms with E-state index in [0.29, 0.717) is 10.4 Å². The lowest BCUT2D eigenvalue weighted by atomic mass is 9.78. The normalized spacial score (nSPS) is 21.9. The average Bonchev–Trinajstić information content (AvgIpc) is 2.79. The summed E-state index contributed by atoms with van der Waals surface area (Å²) in [4.78, 5) is 2.53. The summed E-state index contributed by atoms with van der Waals surface area (Å²) in [6, 6.07) is 5.92. The van der Waals surface area contributed by atoms with Crippen LogP contribution in [0, 0.1) is 5.41 Å². The predicted octanol–water partition coefficient (Wildman–Crippen LogP) is 3.99. The zero-order valence-electron chi connectivity index (χ0n) is 11.5. The molecule has 0 aromatic heterocycles. The molecule has 2 aliphatic rings. The van der Waals surface area contributed by atoms with Crippen molar-refractivity contribution in [3.05, 3.63) is 33.8 Å². The van der Waals surface area contributed by atoms with E-state index in [9.17, 15) is 0 Å². The first-order chi connectivity index (χ1) is 9.19. The van der Waals surface area contributed by atoms with Gasteiger partial charge in [0.1, 0.15) is 0 Å². The van der Waals surface area contributed by atoms with E-state index >= 15 is 0 Å². The fourth-order valence-electron chi connectivity index (χ4n) is 3.44. The minimum Gasteiger partial charge on any atom is -0.317 e. The molecule has 0 radical (unpaired) electrons. The van der Waals surface area contributed by atoms with Crippen LogP contribution in [0.1, 0.15) is 24.8 Å². The number of hydrogen-bond acceptors (Lipinski definition) is 2. The second-order valence-corrected chi connectivity index (χ2v) is 6.71. The molecule has 2 nitrogen and oxygen atoms in total. The highest BCUT2D eigenvalue weighted by Gasteiger charge is 2.38. The summed E-state index contributed by atoms with van der Waals surface area (Å²) in [6.45, 7) is 5.66. The Morgan fingerprint density at radius 2 is 1.90 bits per heavy atom. The van der Waals surface area contributed by atoms with E-state index in [1.165, 1.54) is 45.4 Å². The lowest BCUT2D eigenvalue weighted by Crippen LogP contribution is -2.38. The summed E-state index contributed by atoms with van der Waals surface area (Å²) in [5, 5.41) is 4.84. The molecule has 3 rings (SSSR count). The topological polar surface area (TPSA) is 15.3 Å². The minimum atomic E-state index is 0. The smallest absolute Gasteiger partial charge is 0.0637 e. The largest absolute Gasteiger partial charge is 0.317 e. The Morgan fingerprint density at radius 3 is 2.65 bits per heavy atom. The molecule has 1 N–H and O–H groups in total. The third-order valence-corrected chi connectivity index (χ3v) is 5.47. The first-order valence-corrected chi connectivity index (χ1v) is 7.80. The Balaban J connectivity index is 0.00000147. The Kier molecular flexibility index (Phi) is 5.61. The zero-order valence-corrected chi connectivity index (χ0v) is 13.8. The third-order valence-electron chi connectivity index (χ3n) is 4.61. The molecule has 0 amide bonds. The fourth-order valence-corrected chi connectivity index (χ4v) is 3.82.